The first-order chi connectivity index (χ1) is 10.1. The van der Waals surface area contributed by atoms with Crippen molar-refractivity contribution >= 4 is 23.3 Å². The number of carbonyl (C=O) groups excluding carboxylic acids is 2. The molecule has 1 amide bonds. The molecule has 0 radical (unpaired) electrons. The summed E-state index contributed by atoms with van der Waals surface area (Å²) in [6, 6.07) is 15.9. The van der Waals surface area contributed by atoms with Gasteiger partial charge < -0.3 is 15.8 Å². The first kappa shape index (κ1) is 14.6. The summed E-state index contributed by atoms with van der Waals surface area (Å²) in [4.78, 5) is 23.2. The quantitative estimate of drug-likeness (QED) is 0.650. The second kappa shape index (κ2) is 7.09. The number of nitrogens with one attached hydrogen (secondary N) is 1. The Morgan fingerprint density at radius 2 is 1.67 bits per heavy atom. The van der Waals surface area contributed by atoms with E-state index in [0.717, 1.165) is 5.56 Å². The van der Waals surface area contributed by atoms with Crippen LogP contribution in [0.4, 0.5) is 11.4 Å². The molecule has 5 nitrogen and oxygen atoms in total. The van der Waals surface area contributed by atoms with Gasteiger partial charge in [0.15, 0.2) is 6.61 Å². The van der Waals surface area contributed by atoms with Crippen molar-refractivity contribution in [1.82, 2.24) is 0 Å². The molecular weight excluding hydrogens is 268 g/mol. The fourth-order valence-corrected chi connectivity index (χ4v) is 1.72. The maximum Gasteiger partial charge on any atom is 0.310 e. The van der Waals surface area contributed by atoms with E-state index >= 15 is 0 Å². The van der Waals surface area contributed by atoms with Gasteiger partial charge in [-0.1, -0.05) is 30.3 Å². The van der Waals surface area contributed by atoms with Crippen molar-refractivity contribution in [2.24, 2.45) is 0 Å². The number of benzene rings is 2. The average molecular weight is 284 g/mol. The van der Waals surface area contributed by atoms with E-state index in [1.54, 1.807) is 36.4 Å². The molecule has 0 saturated heterocycles. The largest absolute Gasteiger partial charge is 0.455 e. The van der Waals surface area contributed by atoms with E-state index in [1.807, 2.05) is 18.2 Å². The maximum atomic E-state index is 11.6. The van der Waals surface area contributed by atoms with Crippen LogP contribution in [0.2, 0.25) is 0 Å². The van der Waals surface area contributed by atoms with Crippen LogP contribution in [0.15, 0.2) is 54.6 Å². The molecule has 2 aromatic carbocycles. The number of anilines is 2. The third kappa shape index (κ3) is 4.99. The lowest BCUT2D eigenvalue weighted by Gasteiger charge is -2.06. The Bertz CT molecular complexity index is 609. The number of rotatable bonds is 5. The van der Waals surface area contributed by atoms with Crippen LogP contribution in [0.1, 0.15) is 5.56 Å². The normalized spacial score (nSPS) is 9.90. The van der Waals surface area contributed by atoms with Gasteiger partial charge in [0.2, 0.25) is 0 Å². The molecule has 0 heterocycles. The second-order valence-corrected chi connectivity index (χ2v) is 4.49. The molecule has 0 saturated carbocycles. The Hall–Kier alpha value is -2.82. The van der Waals surface area contributed by atoms with E-state index in [4.69, 9.17) is 10.5 Å². The highest BCUT2D eigenvalue weighted by Crippen LogP contribution is 2.07. The molecule has 0 bridgehead atoms. The smallest absolute Gasteiger partial charge is 0.310 e. The molecule has 0 aliphatic carbocycles. The first-order valence-electron chi connectivity index (χ1n) is 6.48. The molecule has 2 aromatic rings. The van der Waals surface area contributed by atoms with E-state index in [1.165, 1.54) is 0 Å². The van der Waals surface area contributed by atoms with Crippen molar-refractivity contribution < 1.29 is 14.3 Å². The van der Waals surface area contributed by atoms with Crippen LogP contribution in [0.25, 0.3) is 0 Å². The van der Waals surface area contributed by atoms with Gasteiger partial charge in [0, 0.05) is 11.4 Å². The molecule has 3 N–H and O–H groups in total. The number of para-hydroxylation sites is 1. The molecule has 0 unspecified atom stereocenters. The van der Waals surface area contributed by atoms with Gasteiger partial charge in [0.1, 0.15) is 0 Å². The second-order valence-electron chi connectivity index (χ2n) is 4.49. The summed E-state index contributed by atoms with van der Waals surface area (Å²) >= 11 is 0. The number of nitrogens with two attached hydrogens (primary N) is 1. The minimum atomic E-state index is -0.456. The minimum absolute atomic E-state index is 0.110. The maximum absolute atomic E-state index is 11.6. The van der Waals surface area contributed by atoms with Crippen LogP contribution in [0.5, 0.6) is 0 Å². The molecule has 0 spiro atoms. The molecule has 21 heavy (non-hydrogen) atoms. The fourth-order valence-electron chi connectivity index (χ4n) is 1.72. The number of nitrogen functional groups attached to an aromatic ring is 1. The minimum Gasteiger partial charge on any atom is -0.455 e. The van der Waals surface area contributed by atoms with Crippen molar-refractivity contribution in [3.05, 3.63) is 60.2 Å². The first-order valence-corrected chi connectivity index (χ1v) is 6.48. The predicted molar refractivity (Wildman–Crippen MR) is 80.6 cm³/mol. The Kier molecular flexibility index (Phi) is 4.93. The van der Waals surface area contributed by atoms with E-state index in [-0.39, 0.29) is 18.9 Å². The molecule has 0 aliphatic heterocycles. The van der Waals surface area contributed by atoms with Gasteiger partial charge in [-0.15, -0.1) is 0 Å². The summed E-state index contributed by atoms with van der Waals surface area (Å²) in [6.07, 6.45) is 0.110. The number of hydrogen-bond acceptors (Lipinski definition) is 4. The molecule has 0 aromatic heterocycles. The van der Waals surface area contributed by atoms with Gasteiger partial charge in [-0.05, 0) is 29.8 Å². The Labute approximate surface area is 122 Å². The summed E-state index contributed by atoms with van der Waals surface area (Å²) in [7, 11) is 0. The standard InChI is InChI=1S/C16H16N2O3/c17-13-8-6-12(7-9-13)10-16(20)21-11-15(19)18-14-4-2-1-3-5-14/h1-9H,10-11,17H2,(H,18,19). The van der Waals surface area contributed by atoms with Crippen LogP contribution in [0.3, 0.4) is 0 Å². The lowest BCUT2D eigenvalue weighted by atomic mass is 10.1. The van der Waals surface area contributed by atoms with Crippen molar-refractivity contribution in [3.63, 3.8) is 0 Å². The summed E-state index contributed by atoms with van der Waals surface area (Å²) in [6.45, 7) is -0.303. The van der Waals surface area contributed by atoms with Gasteiger partial charge in [0.05, 0.1) is 6.42 Å². The highest BCUT2D eigenvalue weighted by Gasteiger charge is 2.08. The van der Waals surface area contributed by atoms with Crippen LogP contribution in [-0.2, 0) is 20.7 Å². The summed E-state index contributed by atoms with van der Waals surface area (Å²) in [5.41, 5.74) is 7.65. The summed E-state index contributed by atoms with van der Waals surface area (Å²) in [5.74, 6) is -0.824. The van der Waals surface area contributed by atoms with Crippen molar-refractivity contribution in [2.45, 2.75) is 6.42 Å². The van der Waals surface area contributed by atoms with Gasteiger partial charge in [0.25, 0.3) is 5.91 Å². The Balaban J connectivity index is 1.76. The third-order valence-electron chi connectivity index (χ3n) is 2.75. The lowest BCUT2D eigenvalue weighted by Crippen LogP contribution is -2.21. The van der Waals surface area contributed by atoms with Gasteiger partial charge in [-0.2, -0.15) is 0 Å². The van der Waals surface area contributed by atoms with Crippen molar-refractivity contribution in [2.75, 3.05) is 17.7 Å². The number of ether oxygens (including phenoxy) is 1. The van der Waals surface area contributed by atoms with E-state index in [2.05, 4.69) is 5.32 Å². The highest BCUT2D eigenvalue weighted by molar-refractivity contribution is 5.92. The van der Waals surface area contributed by atoms with Crippen LogP contribution in [0, 0.1) is 0 Å². The molecule has 108 valence electrons. The van der Waals surface area contributed by atoms with Gasteiger partial charge in [-0.25, -0.2) is 0 Å². The SMILES string of the molecule is Nc1ccc(CC(=O)OCC(=O)Nc2ccccc2)cc1. The third-order valence-corrected chi connectivity index (χ3v) is 2.75. The van der Waals surface area contributed by atoms with Crippen LogP contribution < -0.4 is 11.1 Å². The lowest BCUT2D eigenvalue weighted by molar-refractivity contribution is -0.146. The summed E-state index contributed by atoms with van der Waals surface area (Å²) < 4.78 is 4.93. The number of hydrogen-bond donors (Lipinski definition) is 2. The predicted octanol–water partition coefficient (Wildman–Crippen LogP) is 1.99. The molecule has 0 atom stereocenters. The van der Waals surface area contributed by atoms with E-state index in [0.29, 0.717) is 11.4 Å². The van der Waals surface area contributed by atoms with Gasteiger partial charge in [-0.3, -0.25) is 9.59 Å². The molecular formula is C16H16N2O3. The van der Waals surface area contributed by atoms with Crippen LogP contribution >= 0.6 is 0 Å². The topological polar surface area (TPSA) is 81.4 Å². The molecule has 0 aliphatic rings. The number of amides is 1. The van der Waals surface area contributed by atoms with Gasteiger partial charge >= 0.3 is 5.97 Å². The molecule has 2 rings (SSSR count). The average Bonchev–Trinajstić information content (AvgIpc) is 2.49. The zero-order valence-electron chi connectivity index (χ0n) is 11.4. The number of carbonyl (C=O) groups is 2. The summed E-state index contributed by atoms with van der Waals surface area (Å²) in [5, 5.41) is 2.64. The number of esters is 1. The zero-order valence-corrected chi connectivity index (χ0v) is 11.4. The van der Waals surface area contributed by atoms with Crippen LogP contribution in [-0.4, -0.2) is 18.5 Å². The van der Waals surface area contributed by atoms with Crippen molar-refractivity contribution in [1.29, 1.82) is 0 Å². The molecule has 5 heteroatoms. The Morgan fingerprint density at radius 3 is 2.33 bits per heavy atom. The zero-order chi connectivity index (χ0) is 15.1. The highest BCUT2D eigenvalue weighted by atomic mass is 16.5. The van der Waals surface area contributed by atoms with E-state index in [9.17, 15) is 9.59 Å². The van der Waals surface area contributed by atoms with Crippen molar-refractivity contribution in [3.8, 4) is 0 Å². The monoisotopic (exact) mass is 284 g/mol. The van der Waals surface area contributed by atoms with E-state index < -0.39 is 5.97 Å². The fraction of sp³-hybridized carbons (Fsp3) is 0.125. The Morgan fingerprint density at radius 1 is 1.00 bits per heavy atom. The molecule has 0 fully saturated rings.